The lowest BCUT2D eigenvalue weighted by Crippen LogP contribution is -2.44. The summed E-state index contributed by atoms with van der Waals surface area (Å²) in [5.74, 6) is -1.66. The van der Waals surface area contributed by atoms with Crippen LogP contribution in [0.15, 0.2) is 0 Å². The number of aliphatic hydroxyl groups excluding tert-OH is 5. The van der Waals surface area contributed by atoms with Gasteiger partial charge in [-0.2, -0.15) is 0 Å². The van der Waals surface area contributed by atoms with Crippen molar-refractivity contribution < 1.29 is 40.2 Å². The van der Waals surface area contributed by atoms with Crippen LogP contribution in [0.1, 0.15) is 71.1 Å². The second kappa shape index (κ2) is 18.7. The van der Waals surface area contributed by atoms with Crippen LogP contribution in [-0.2, 0) is 9.59 Å². The van der Waals surface area contributed by atoms with Crippen LogP contribution < -0.4 is 0 Å². The topological polar surface area (TPSA) is 156 Å². The minimum Gasteiger partial charge on any atom is -0.481 e. The summed E-state index contributed by atoms with van der Waals surface area (Å²) in [7, 11) is 0. The molecule has 0 rings (SSSR count). The van der Waals surface area contributed by atoms with Crippen molar-refractivity contribution >= 4 is 11.8 Å². The molecule has 0 aliphatic heterocycles. The summed E-state index contributed by atoms with van der Waals surface area (Å²) >= 11 is 0. The fraction of sp³-hybridized carbons (Fsp3) is 0.889. The van der Waals surface area contributed by atoms with Crippen LogP contribution in [0.25, 0.3) is 0 Å². The van der Waals surface area contributed by atoms with Crippen molar-refractivity contribution in [1.29, 1.82) is 0 Å². The molecule has 0 amide bonds. The van der Waals surface area contributed by atoms with Crippen LogP contribution in [0, 0.1) is 0 Å². The van der Waals surface area contributed by atoms with Gasteiger partial charge in [-0.1, -0.05) is 58.3 Å². The van der Waals surface area contributed by atoms with Gasteiger partial charge in [0.05, 0.1) is 6.61 Å². The van der Waals surface area contributed by atoms with Gasteiger partial charge in [-0.15, -0.1) is 0 Å². The lowest BCUT2D eigenvalue weighted by molar-refractivity contribution is -0.142. The molecule has 3 unspecified atom stereocenters. The molecule has 0 aliphatic carbocycles. The van der Waals surface area contributed by atoms with Crippen LogP contribution in [-0.4, -0.2) is 73.9 Å². The van der Waals surface area contributed by atoms with E-state index in [0.29, 0.717) is 6.42 Å². The Morgan fingerprint density at radius 3 is 1.65 bits per heavy atom. The molecule has 0 aromatic carbocycles. The van der Waals surface area contributed by atoms with Crippen LogP contribution in [0.5, 0.6) is 0 Å². The van der Waals surface area contributed by atoms with Gasteiger partial charge in [-0.25, -0.2) is 0 Å². The number of carbonyl (C=O) groups excluding carboxylic acids is 1. The van der Waals surface area contributed by atoms with Crippen LogP contribution in [0.4, 0.5) is 0 Å². The SMILES string of the molecule is CCCCCCCCCCCC(=O)O.O=C(CO)C(O)C(O)C(O)CO. The van der Waals surface area contributed by atoms with Gasteiger partial charge >= 0.3 is 5.97 Å². The number of ketones is 1. The van der Waals surface area contributed by atoms with E-state index in [1.54, 1.807) is 0 Å². The Morgan fingerprint density at radius 2 is 1.27 bits per heavy atom. The Hall–Kier alpha value is -1.06. The number of aliphatic carboxylic acids is 1. The maximum atomic E-state index is 10.5. The number of rotatable bonds is 15. The molecule has 0 fully saturated rings. The van der Waals surface area contributed by atoms with Crippen molar-refractivity contribution in [3.05, 3.63) is 0 Å². The summed E-state index contributed by atoms with van der Waals surface area (Å²) in [6.45, 7) is 0.541. The first-order valence-electron chi connectivity index (χ1n) is 9.32. The zero-order valence-electron chi connectivity index (χ0n) is 15.7. The number of hydrogen-bond donors (Lipinski definition) is 6. The number of carboxylic acids is 1. The molecule has 0 saturated carbocycles. The average molecular weight is 380 g/mol. The highest BCUT2D eigenvalue weighted by atomic mass is 16.4. The first-order chi connectivity index (χ1) is 12.3. The molecule has 0 aliphatic rings. The van der Waals surface area contributed by atoms with E-state index >= 15 is 0 Å². The van der Waals surface area contributed by atoms with Crippen LogP contribution in [0.2, 0.25) is 0 Å². The number of aliphatic hydroxyl groups is 5. The third-order valence-corrected chi connectivity index (χ3v) is 3.88. The molecule has 0 spiro atoms. The summed E-state index contributed by atoms with van der Waals surface area (Å²) in [6, 6.07) is 0. The van der Waals surface area contributed by atoms with E-state index in [2.05, 4.69) is 6.92 Å². The van der Waals surface area contributed by atoms with E-state index in [9.17, 15) is 9.59 Å². The van der Waals surface area contributed by atoms with E-state index in [-0.39, 0.29) is 0 Å². The molecule has 0 heterocycles. The molecule has 156 valence electrons. The number of unbranched alkanes of at least 4 members (excludes halogenated alkanes) is 8. The highest BCUT2D eigenvalue weighted by molar-refractivity contribution is 5.84. The molecule has 26 heavy (non-hydrogen) atoms. The molecule has 6 N–H and O–H groups in total. The van der Waals surface area contributed by atoms with Crippen molar-refractivity contribution in [2.24, 2.45) is 0 Å². The number of hydrogen-bond acceptors (Lipinski definition) is 7. The van der Waals surface area contributed by atoms with Crippen LogP contribution >= 0.6 is 0 Å². The maximum Gasteiger partial charge on any atom is 0.303 e. The Bertz CT molecular complexity index is 348. The first kappa shape index (κ1) is 27.2. The lowest BCUT2D eigenvalue weighted by atomic mass is 10.1. The minimum atomic E-state index is -1.86. The number of Topliss-reactive ketones (excluding diaryl/α,β-unsaturated/α-hetero) is 1. The highest BCUT2D eigenvalue weighted by Gasteiger charge is 2.28. The Kier molecular flexibility index (Phi) is 19.6. The molecular formula is C18H36O8. The van der Waals surface area contributed by atoms with Crippen molar-refractivity contribution in [3.63, 3.8) is 0 Å². The summed E-state index contributed by atoms with van der Waals surface area (Å²) in [4.78, 5) is 20.7. The van der Waals surface area contributed by atoms with Gasteiger partial charge < -0.3 is 30.6 Å². The maximum absolute atomic E-state index is 10.5. The van der Waals surface area contributed by atoms with E-state index in [1.165, 1.54) is 44.9 Å². The largest absolute Gasteiger partial charge is 0.481 e. The molecule has 0 aromatic rings. The van der Waals surface area contributed by atoms with Gasteiger partial charge in [0.1, 0.15) is 24.9 Å². The van der Waals surface area contributed by atoms with E-state index < -0.39 is 43.3 Å². The average Bonchev–Trinajstić information content (AvgIpc) is 2.64. The van der Waals surface area contributed by atoms with Gasteiger partial charge in [0, 0.05) is 6.42 Å². The van der Waals surface area contributed by atoms with Gasteiger partial charge in [-0.05, 0) is 6.42 Å². The highest BCUT2D eigenvalue weighted by Crippen LogP contribution is 2.10. The Balaban J connectivity index is 0. The number of carbonyl (C=O) groups is 2. The van der Waals surface area contributed by atoms with Gasteiger partial charge in [-0.3, -0.25) is 9.59 Å². The first-order valence-corrected chi connectivity index (χ1v) is 9.32. The van der Waals surface area contributed by atoms with E-state index in [0.717, 1.165) is 12.8 Å². The predicted octanol–water partition coefficient (Wildman–Crippen LogP) is 0.615. The van der Waals surface area contributed by atoms with Crippen molar-refractivity contribution in [3.8, 4) is 0 Å². The molecule has 0 radical (unpaired) electrons. The second-order valence-corrected chi connectivity index (χ2v) is 6.28. The van der Waals surface area contributed by atoms with Gasteiger partial charge in [0.2, 0.25) is 0 Å². The van der Waals surface area contributed by atoms with Crippen molar-refractivity contribution in [2.75, 3.05) is 13.2 Å². The fourth-order valence-electron chi connectivity index (χ4n) is 2.19. The molecule has 3 atom stereocenters. The molecule has 8 heteroatoms. The molecule has 0 bridgehead atoms. The smallest absolute Gasteiger partial charge is 0.303 e. The quantitative estimate of drug-likeness (QED) is 0.226. The Labute approximate surface area is 155 Å². The van der Waals surface area contributed by atoms with Crippen molar-refractivity contribution in [2.45, 2.75) is 89.4 Å². The zero-order valence-corrected chi connectivity index (χ0v) is 15.7. The zero-order chi connectivity index (χ0) is 20.4. The molecule has 0 aromatic heterocycles. The summed E-state index contributed by atoms with van der Waals surface area (Å²) in [6.07, 6.45) is 6.26. The lowest BCUT2D eigenvalue weighted by Gasteiger charge is -2.19. The van der Waals surface area contributed by atoms with Crippen LogP contribution in [0.3, 0.4) is 0 Å². The third kappa shape index (κ3) is 16.4. The molecule has 8 nitrogen and oxygen atoms in total. The standard InChI is InChI=1S/C12H24O2.C6H12O6/c1-2-3-4-5-6-7-8-9-10-11-12(13)14;7-1-3(9)5(11)6(12)4(10)2-8/h2-11H2,1H3,(H,13,14);3,5-9,11-12H,1-2H2. The minimum absolute atomic E-state index is 0.343. The van der Waals surface area contributed by atoms with E-state index in [1.807, 2.05) is 0 Å². The Morgan fingerprint density at radius 1 is 0.808 bits per heavy atom. The second-order valence-electron chi connectivity index (χ2n) is 6.28. The van der Waals surface area contributed by atoms with Gasteiger partial charge in [0.15, 0.2) is 5.78 Å². The summed E-state index contributed by atoms with van der Waals surface area (Å²) in [5, 5.41) is 51.5. The fourth-order valence-corrected chi connectivity index (χ4v) is 2.19. The molecule has 0 saturated heterocycles. The van der Waals surface area contributed by atoms with Crippen molar-refractivity contribution in [1.82, 2.24) is 0 Å². The summed E-state index contributed by atoms with van der Waals surface area (Å²) < 4.78 is 0. The number of carboxylic acid groups (broad SMARTS) is 1. The predicted molar refractivity (Wildman–Crippen MR) is 96.7 cm³/mol. The van der Waals surface area contributed by atoms with Gasteiger partial charge in [0.25, 0.3) is 0 Å². The summed E-state index contributed by atoms with van der Waals surface area (Å²) in [5.41, 5.74) is 0. The monoisotopic (exact) mass is 380 g/mol. The van der Waals surface area contributed by atoms with E-state index in [4.69, 9.17) is 30.6 Å². The molecular weight excluding hydrogens is 344 g/mol. The third-order valence-electron chi connectivity index (χ3n) is 3.88. The normalized spacial score (nSPS) is 14.1.